The van der Waals surface area contributed by atoms with Crippen molar-refractivity contribution in [2.75, 3.05) is 25.9 Å². The number of amides is 1. The lowest BCUT2D eigenvalue weighted by Crippen LogP contribution is -2.38. The van der Waals surface area contributed by atoms with E-state index in [1.54, 1.807) is 24.1 Å². The summed E-state index contributed by atoms with van der Waals surface area (Å²) in [4.78, 5) is 13.8. The number of fused-ring (bicyclic) bond motifs is 1. The number of rotatable bonds is 4. The highest BCUT2D eigenvalue weighted by molar-refractivity contribution is 7.91. The first kappa shape index (κ1) is 15.0. The maximum absolute atomic E-state index is 12.0. The minimum Gasteiger partial charge on any atom is -0.345 e. The van der Waals surface area contributed by atoms with Crippen molar-refractivity contribution in [2.45, 2.75) is 24.3 Å². The molecule has 0 aliphatic carbocycles. The van der Waals surface area contributed by atoms with Gasteiger partial charge in [-0.1, -0.05) is 18.2 Å². The van der Waals surface area contributed by atoms with E-state index in [2.05, 4.69) is 5.32 Å². The van der Waals surface area contributed by atoms with Crippen LogP contribution in [0.2, 0.25) is 0 Å². The van der Waals surface area contributed by atoms with Gasteiger partial charge in [0.25, 0.3) is 0 Å². The molecular weight excluding hydrogens is 276 g/mol. The molecule has 1 aliphatic rings. The van der Waals surface area contributed by atoms with E-state index in [0.717, 1.165) is 5.56 Å². The summed E-state index contributed by atoms with van der Waals surface area (Å²) in [5.41, 5.74) is 0.769. The minimum absolute atomic E-state index is 0.0124. The molecule has 0 spiro atoms. The van der Waals surface area contributed by atoms with Crippen LogP contribution >= 0.6 is 0 Å². The van der Waals surface area contributed by atoms with Gasteiger partial charge in [0, 0.05) is 19.6 Å². The van der Waals surface area contributed by atoms with Crippen LogP contribution in [0.15, 0.2) is 29.2 Å². The average molecular weight is 296 g/mol. The number of hydrogen-bond donors (Lipinski definition) is 1. The van der Waals surface area contributed by atoms with Gasteiger partial charge >= 0.3 is 0 Å². The Morgan fingerprint density at radius 3 is 2.80 bits per heavy atom. The standard InChI is InChI=1S/C14H20N2O3S/c1-3-16(2)14(17)10-15-12-8-9-20(18,19)13-7-5-4-6-11(12)13/h4-7,12,15H,3,8-10H2,1-2H3. The van der Waals surface area contributed by atoms with Gasteiger partial charge in [-0.2, -0.15) is 0 Å². The summed E-state index contributed by atoms with van der Waals surface area (Å²) >= 11 is 0. The fourth-order valence-corrected chi connectivity index (χ4v) is 3.95. The molecule has 1 aliphatic heterocycles. The molecule has 0 fully saturated rings. The molecule has 1 aromatic carbocycles. The van der Waals surface area contributed by atoms with Crippen LogP contribution in [0.3, 0.4) is 0 Å². The number of likely N-dealkylation sites (N-methyl/N-ethyl adjacent to an activating group) is 1. The van der Waals surface area contributed by atoms with Crippen LogP contribution in [-0.4, -0.2) is 45.1 Å². The third kappa shape index (κ3) is 3.02. The van der Waals surface area contributed by atoms with Crippen molar-refractivity contribution in [3.05, 3.63) is 29.8 Å². The van der Waals surface area contributed by atoms with Gasteiger partial charge in [0.1, 0.15) is 0 Å². The minimum atomic E-state index is -3.17. The molecule has 0 bridgehead atoms. The molecule has 1 aromatic rings. The predicted molar refractivity (Wildman–Crippen MR) is 77.2 cm³/mol. The van der Waals surface area contributed by atoms with Gasteiger partial charge in [0.15, 0.2) is 9.84 Å². The predicted octanol–water partition coefficient (Wildman–Crippen LogP) is 0.973. The number of nitrogens with zero attached hydrogens (tertiary/aromatic N) is 1. The van der Waals surface area contributed by atoms with Gasteiger partial charge in [-0.25, -0.2) is 8.42 Å². The molecule has 1 N–H and O–H groups in total. The van der Waals surface area contributed by atoms with Crippen molar-refractivity contribution in [3.63, 3.8) is 0 Å². The molecule has 1 atom stereocenters. The van der Waals surface area contributed by atoms with Crippen molar-refractivity contribution in [2.24, 2.45) is 0 Å². The Morgan fingerprint density at radius 2 is 2.10 bits per heavy atom. The second-order valence-electron chi connectivity index (χ2n) is 4.99. The highest BCUT2D eigenvalue weighted by Crippen LogP contribution is 2.31. The first-order chi connectivity index (χ1) is 9.45. The van der Waals surface area contributed by atoms with Crippen molar-refractivity contribution in [1.82, 2.24) is 10.2 Å². The smallest absolute Gasteiger partial charge is 0.236 e. The second kappa shape index (κ2) is 5.93. The molecule has 5 nitrogen and oxygen atoms in total. The zero-order valence-electron chi connectivity index (χ0n) is 11.8. The van der Waals surface area contributed by atoms with E-state index in [0.29, 0.717) is 17.9 Å². The molecule has 1 amide bonds. The van der Waals surface area contributed by atoms with Crippen LogP contribution in [0, 0.1) is 0 Å². The summed E-state index contributed by atoms with van der Waals surface area (Å²) < 4.78 is 24.0. The lowest BCUT2D eigenvalue weighted by atomic mass is 10.0. The third-order valence-corrected chi connectivity index (χ3v) is 5.52. The van der Waals surface area contributed by atoms with Crippen molar-refractivity contribution in [3.8, 4) is 0 Å². The lowest BCUT2D eigenvalue weighted by Gasteiger charge is -2.27. The van der Waals surface area contributed by atoms with E-state index >= 15 is 0 Å². The van der Waals surface area contributed by atoms with E-state index < -0.39 is 9.84 Å². The highest BCUT2D eigenvalue weighted by Gasteiger charge is 2.29. The Labute approximate surface area is 119 Å². The molecule has 1 unspecified atom stereocenters. The fourth-order valence-electron chi connectivity index (χ4n) is 2.32. The maximum atomic E-state index is 12.0. The summed E-state index contributed by atoms with van der Waals surface area (Å²) in [6.45, 7) is 2.81. The number of hydrogen-bond acceptors (Lipinski definition) is 4. The Balaban J connectivity index is 2.14. The molecule has 0 saturated heterocycles. The number of carbonyl (C=O) groups excluding carboxylic acids is 1. The Bertz CT molecular complexity index is 598. The number of nitrogens with one attached hydrogen (secondary N) is 1. The monoisotopic (exact) mass is 296 g/mol. The van der Waals surface area contributed by atoms with Crippen LogP contribution in [0.4, 0.5) is 0 Å². The maximum Gasteiger partial charge on any atom is 0.236 e. The first-order valence-corrected chi connectivity index (χ1v) is 8.40. The summed E-state index contributed by atoms with van der Waals surface area (Å²) in [7, 11) is -1.42. The lowest BCUT2D eigenvalue weighted by molar-refractivity contribution is -0.128. The van der Waals surface area contributed by atoms with Crippen LogP contribution in [0.5, 0.6) is 0 Å². The molecule has 2 rings (SSSR count). The van der Waals surface area contributed by atoms with E-state index in [4.69, 9.17) is 0 Å². The molecule has 20 heavy (non-hydrogen) atoms. The molecule has 0 radical (unpaired) electrons. The first-order valence-electron chi connectivity index (χ1n) is 6.74. The van der Waals surface area contributed by atoms with Crippen LogP contribution in [0.1, 0.15) is 24.9 Å². The fraction of sp³-hybridized carbons (Fsp3) is 0.500. The summed E-state index contributed by atoms with van der Waals surface area (Å²) in [5.74, 6) is 0.137. The zero-order valence-corrected chi connectivity index (χ0v) is 12.6. The van der Waals surface area contributed by atoms with Crippen molar-refractivity contribution in [1.29, 1.82) is 0 Å². The van der Waals surface area contributed by atoms with Crippen LogP contribution in [-0.2, 0) is 14.6 Å². The van der Waals surface area contributed by atoms with Gasteiger partial charge in [0.2, 0.25) is 5.91 Å². The average Bonchev–Trinajstić information content (AvgIpc) is 2.45. The highest BCUT2D eigenvalue weighted by atomic mass is 32.2. The van der Waals surface area contributed by atoms with E-state index in [-0.39, 0.29) is 24.2 Å². The molecular formula is C14H20N2O3S. The van der Waals surface area contributed by atoms with Crippen molar-refractivity contribution < 1.29 is 13.2 Å². The molecule has 6 heteroatoms. The molecule has 0 aromatic heterocycles. The SMILES string of the molecule is CCN(C)C(=O)CNC1CCS(=O)(=O)c2ccccc21. The summed E-state index contributed by atoms with van der Waals surface area (Å²) in [6.07, 6.45) is 0.502. The number of benzene rings is 1. The Kier molecular flexibility index (Phi) is 4.45. The van der Waals surface area contributed by atoms with Gasteiger partial charge in [0.05, 0.1) is 17.2 Å². The van der Waals surface area contributed by atoms with E-state index in [1.165, 1.54) is 0 Å². The quantitative estimate of drug-likeness (QED) is 0.899. The normalized spacial score (nSPS) is 20.2. The zero-order chi connectivity index (χ0) is 14.8. The van der Waals surface area contributed by atoms with Crippen molar-refractivity contribution >= 4 is 15.7 Å². The Hall–Kier alpha value is -1.40. The molecule has 0 saturated carbocycles. The number of carbonyl (C=O) groups is 1. The van der Waals surface area contributed by atoms with Gasteiger partial charge in [-0.3, -0.25) is 4.79 Å². The van der Waals surface area contributed by atoms with E-state index in [9.17, 15) is 13.2 Å². The Morgan fingerprint density at radius 1 is 1.40 bits per heavy atom. The largest absolute Gasteiger partial charge is 0.345 e. The third-order valence-electron chi connectivity index (χ3n) is 3.70. The van der Waals surface area contributed by atoms with E-state index in [1.807, 2.05) is 19.1 Å². The van der Waals surface area contributed by atoms with Crippen LogP contribution in [0.25, 0.3) is 0 Å². The van der Waals surface area contributed by atoms with Gasteiger partial charge in [-0.15, -0.1) is 0 Å². The van der Waals surface area contributed by atoms with Crippen LogP contribution < -0.4 is 5.32 Å². The number of sulfone groups is 1. The van der Waals surface area contributed by atoms with Gasteiger partial charge in [-0.05, 0) is 25.0 Å². The summed E-state index contributed by atoms with van der Waals surface area (Å²) in [5, 5.41) is 3.17. The van der Waals surface area contributed by atoms with Gasteiger partial charge < -0.3 is 10.2 Å². The molecule has 110 valence electrons. The topological polar surface area (TPSA) is 66.5 Å². The summed E-state index contributed by atoms with van der Waals surface area (Å²) in [6, 6.07) is 6.93. The second-order valence-corrected chi connectivity index (χ2v) is 7.06. The molecule has 1 heterocycles.